The first-order valence-corrected chi connectivity index (χ1v) is 9.99. The maximum Gasteiger partial charge on any atom is 0.230 e. The smallest absolute Gasteiger partial charge is 0.230 e. The summed E-state index contributed by atoms with van der Waals surface area (Å²) in [4.78, 5) is 23.3. The third-order valence-electron chi connectivity index (χ3n) is 5.06. The number of likely N-dealkylation sites (tertiary alicyclic amines) is 1. The average Bonchev–Trinajstić information content (AvgIpc) is 2.67. The second kappa shape index (κ2) is 8.64. The Labute approximate surface area is 159 Å². The zero-order valence-electron chi connectivity index (χ0n) is 15.4. The number of aryl methyl sites for hydroxylation is 1. The third kappa shape index (κ3) is 4.83. The molecule has 0 saturated carbocycles. The molecule has 2 heterocycles. The van der Waals surface area contributed by atoms with Crippen LogP contribution in [0.4, 0.5) is 0 Å². The van der Waals surface area contributed by atoms with Gasteiger partial charge in [0.05, 0.1) is 5.75 Å². The van der Waals surface area contributed by atoms with Gasteiger partial charge in [0.2, 0.25) is 5.91 Å². The van der Waals surface area contributed by atoms with Crippen LogP contribution in [0.1, 0.15) is 24.1 Å². The van der Waals surface area contributed by atoms with E-state index < -0.39 is 0 Å². The minimum Gasteiger partial charge on any atom is -0.354 e. The second-order valence-corrected chi connectivity index (χ2v) is 7.94. The number of thioether (sulfide) groups is 1. The van der Waals surface area contributed by atoms with Crippen LogP contribution in [-0.2, 0) is 10.2 Å². The summed E-state index contributed by atoms with van der Waals surface area (Å²) in [6.07, 6.45) is 3.84. The van der Waals surface area contributed by atoms with E-state index in [-0.39, 0.29) is 11.3 Å². The molecular weight excluding hydrogens is 344 g/mol. The van der Waals surface area contributed by atoms with E-state index in [2.05, 4.69) is 51.5 Å². The SMILES string of the molecule is Cc1ccnc(SCC(=O)NCC2(c3ccccc3)CCN(C)CC2)n1. The number of benzene rings is 1. The highest BCUT2D eigenvalue weighted by atomic mass is 32.2. The lowest BCUT2D eigenvalue weighted by atomic mass is 9.72. The van der Waals surface area contributed by atoms with Gasteiger partial charge < -0.3 is 10.2 Å². The fourth-order valence-corrected chi connectivity index (χ4v) is 4.06. The van der Waals surface area contributed by atoms with E-state index in [1.165, 1.54) is 17.3 Å². The van der Waals surface area contributed by atoms with Crippen molar-refractivity contribution in [1.29, 1.82) is 0 Å². The van der Waals surface area contributed by atoms with E-state index >= 15 is 0 Å². The minimum absolute atomic E-state index is 0.0218. The van der Waals surface area contributed by atoms with Crippen molar-refractivity contribution >= 4 is 17.7 Å². The normalized spacial score (nSPS) is 17.0. The zero-order valence-corrected chi connectivity index (χ0v) is 16.3. The molecule has 1 aromatic carbocycles. The number of hydrogen-bond acceptors (Lipinski definition) is 5. The van der Waals surface area contributed by atoms with Gasteiger partial charge in [0, 0.05) is 23.9 Å². The van der Waals surface area contributed by atoms with Gasteiger partial charge in [-0.3, -0.25) is 4.79 Å². The van der Waals surface area contributed by atoms with Crippen molar-refractivity contribution in [2.45, 2.75) is 30.3 Å². The molecule has 1 aliphatic rings. The number of amides is 1. The molecule has 138 valence electrons. The van der Waals surface area contributed by atoms with Gasteiger partial charge in [-0.15, -0.1) is 0 Å². The molecule has 0 aliphatic carbocycles. The van der Waals surface area contributed by atoms with Crippen LogP contribution in [-0.4, -0.2) is 53.2 Å². The highest BCUT2D eigenvalue weighted by molar-refractivity contribution is 7.99. The Morgan fingerprint density at radius 2 is 1.96 bits per heavy atom. The zero-order chi connectivity index (χ0) is 18.4. The largest absolute Gasteiger partial charge is 0.354 e. The molecule has 1 aliphatic heterocycles. The van der Waals surface area contributed by atoms with Crippen LogP contribution in [0.3, 0.4) is 0 Å². The van der Waals surface area contributed by atoms with Crippen molar-refractivity contribution in [1.82, 2.24) is 20.2 Å². The molecule has 1 fully saturated rings. The van der Waals surface area contributed by atoms with Crippen LogP contribution in [0.5, 0.6) is 0 Å². The van der Waals surface area contributed by atoms with Crippen LogP contribution in [0.15, 0.2) is 47.8 Å². The Hall–Kier alpha value is -1.92. The molecule has 6 heteroatoms. The van der Waals surface area contributed by atoms with Crippen LogP contribution in [0.25, 0.3) is 0 Å². The topological polar surface area (TPSA) is 58.1 Å². The molecule has 1 amide bonds. The molecular formula is C20H26N4OS. The van der Waals surface area contributed by atoms with Crippen LogP contribution < -0.4 is 5.32 Å². The standard InChI is InChI=1S/C20H26N4OS/c1-16-8-11-21-19(23-16)26-14-18(25)22-15-20(9-12-24(2)13-10-20)17-6-4-3-5-7-17/h3-8,11H,9-10,12-15H2,1-2H3,(H,22,25). The maximum absolute atomic E-state index is 12.4. The summed E-state index contributed by atoms with van der Waals surface area (Å²) in [5.74, 6) is 0.378. The van der Waals surface area contributed by atoms with Gasteiger partial charge in [-0.25, -0.2) is 9.97 Å². The molecule has 5 nitrogen and oxygen atoms in total. The monoisotopic (exact) mass is 370 g/mol. The van der Waals surface area contributed by atoms with Gasteiger partial charge in [-0.2, -0.15) is 0 Å². The molecule has 2 aromatic rings. The van der Waals surface area contributed by atoms with Gasteiger partial charge >= 0.3 is 0 Å². The molecule has 0 spiro atoms. The van der Waals surface area contributed by atoms with Crippen LogP contribution >= 0.6 is 11.8 Å². The summed E-state index contributed by atoms with van der Waals surface area (Å²) in [6, 6.07) is 12.4. The van der Waals surface area contributed by atoms with E-state index in [0.29, 0.717) is 17.5 Å². The molecule has 3 rings (SSSR count). The second-order valence-electron chi connectivity index (χ2n) is 7.00. The lowest BCUT2D eigenvalue weighted by Gasteiger charge is -2.41. The van der Waals surface area contributed by atoms with Crippen molar-refractivity contribution in [2.75, 3.05) is 32.4 Å². The number of nitrogens with zero attached hydrogens (tertiary/aromatic N) is 3. The number of piperidine rings is 1. The van der Waals surface area contributed by atoms with Gasteiger partial charge in [0.25, 0.3) is 0 Å². The Bertz CT molecular complexity index is 730. The quantitative estimate of drug-likeness (QED) is 0.626. The Balaban J connectivity index is 1.60. The molecule has 1 N–H and O–H groups in total. The number of carbonyl (C=O) groups excluding carboxylic acids is 1. The van der Waals surface area contributed by atoms with Crippen molar-refractivity contribution < 1.29 is 4.79 Å². The summed E-state index contributed by atoms with van der Waals surface area (Å²) in [7, 11) is 2.16. The third-order valence-corrected chi connectivity index (χ3v) is 5.92. The highest BCUT2D eigenvalue weighted by Gasteiger charge is 2.35. The Morgan fingerprint density at radius 3 is 2.65 bits per heavy atom. The fourth-order valence-electron chi connectivity index (χ4n) is 3.35. The fraction of sp³-hybridized carbons (Fsp3) is 0.450. The number of nitrogens with one attached hydrogen (secondary N) is 1. The summed E-state index contributed by atoms with van der Waals surface area (Å²) >= 11 is 1.38. The molecule has 0 bridgehead atoms. The van der Waals surface area contributed by atoms with Crippen LogP contribution in [0.2, 0.25) is 0 Å². The highest BCUT2D eigenvalue weighted by Crippen LogP contribution is 2.34. The summed E-state index contributed by atoms with van der Waals surface area (Å²) in [5, 5.41) is 3.81. The molecule has 0 radical (unpaired) electrons. The Morgan fingerprint density at radius 1 is 1.23 bits per heavy atom. The maximum atomic E-state index is 12.4. The molecule has 0 atom stereocenters. The number of aromatic nitrogens is 2. The van der Waals surface area contributed by atoms with Crippen molar-refractivity contribution in [3.63, 3.8) is 0 Å². The predicted molar refractivity (Wildman–Crippen MR) is 105 cm³/mol. The molecule has 26 heavy (non-hydrogen) atoms. The van der Waals surface area contributed by atoms with E-state index in [1.54, 1.807) is 6.20 Å². The molecule has 1 saturated heterocycles. The first kappa shape index (κ1) is 18.9. The summed E-state index contributed by atoms with van der Waals surface area (Å²) in [6.45, 7) is 4.71. The van der Waals surface area contributed by atoms with Crippen molar-refractivity contribution in [3.05, 3.63) is 53.9 Å². The van der Waals surface area contributed by atoms with Gasteiger partial charge in [0.1, 0.15) is 0 Å². The lowest BCUT2D eigenvalue weighted by molar-refractivity contribution is -0.118. The van der Waals surface area contributed by atoms with E-state index in [1.807, 2.05) is 19.1 Å². The van der Waals surface area contributed by atoms with Crippen LogP contribution in [0, 0.1) is 6.92 Å². The molecule has 1 aromatic heterocycles. The predicted octanol–water partition coefficient (Wildman–Crippen LogP) is 2.66. The van der Waals surface area contributed by atoms with Gasteiger partial charge in [-0.1, -0.05) is 42.1 Å². The van der Waals surface area contributed by atoms with Gasteiger partial charge in [-0.05, 0) is 51.5 Å². The first-order valence-electron chi connectivity index (χ1n) is 9.01. The summed E-state index contributed by atoms with van der Waals surface area (Å²) < 4.78 is 0. The van der Waals surface area contributed by atoms with E-state index in [0.717, 1.165) is 31.6 Å². The minimum atomic E-state index is 0.0218. The summed E-state index contributed by atoms with van der Waals surface area (Å²) in [5.41, 5.74) is 2.26. The number of carbonyl (C=O) groups is 1. The average molecular weight is 371 g/mol. The Kier molecular flexibility index (Phi) is 6.27. The van der Waals surface area contributed by atoms with E-state index in [4.69, 9.17) is 0 Å². The lowest BCUT2D eigenvalue weighted by Crippen LogP contribution is -2.48. The van der Waals surface area contributed by atoms with Crippen molar-refractivity contribution in [3.8, 4) is 0 Å². The van der Waals surface area contributed by atoms with Crippen molar-refractivity contribution in [2.24, 2.45) is 0 Å². The number of hydrogen-bond donors (Lipinski definition) is 1. The van der Waals surface area contributed by atoms with E-state index in [9.17, 15) is 4.79 Å². The van der Waals surface area contributed by atoms with Gasteiger partial charge in [0.15, 0.2) is 5.16 Å². The first-order chi connectivity index (χ1) is 12.6. The number of rotatable bonds is 6. The molecule has 0 unspecified atom stereocenters.